The van der Waals surface area contributed by atoms with Crippen LogP contribution in [0.3, 0.4) is 0 Å². The van der Waals surface area contributed by atoms with Crippen LogP contribution in [0.4, 0.5) is 5.13 Å². The summed E-state index contributed by atoms with van der Waals surface area (Å²) in [6.07, 6.45) is 1.51. The number of methoxy groups -OCH3 is 3. The number of benzene rings is 1. The lowest BCUT2D eigenvalue weighted by atomic mass is 10.1. The fourth-order valence-electron chi connectivity index (χ4n) is 3.04. The summed E-state index contributed by atoms with van der Waals surface area (Å²) in [6, 6.07) is 4.96. The molecule has 1 unspecified atom stereocenters. The Bertz CT molecular complexity index is 845. The van der Waals surface area contributed by atoms with Crippen LogP contribution in [0, 0.1) is 0 Å². The third-order valence-electron chi connectivity index (χ3n) is 4.47. The molecule has 0 bridgehead atoms. The molecule has 150 valence electrons. The lowest BCUT2D eigenvalue weighted by Crippen LogP contribution is -2.31. The van der Waals surface area contributed by atoms with E-state index in [-0.39, 0.29) is 17.7 Å². The number of ether oxygens (including phenoxy) is 3. The van der Waals surface area contributed by atoms with Crippen molar-refractivity contribution in [1.29, 1.82) is 0 Å². The lowest BCUT2D eigenvalue weighted by molar-refractivity contribution is -0.122. The highest BCUT2D eigenvalue weighted by Crippen LogP contribution is 2.38. The summed E-state index contributed by atoms with van der Waals surface area (Å²) in [6.45, 7) is 0.931. The van der Waals surface area contributed by atoms with Gasteiger partial charge in [-0.15, -0.1) is 11.3 Å². The zero-order valence-corrected chi connectivity index (χ0v) is 16.9. The van der Waals surface area contributed by atoms with E-state index in [1.165, 1.54) is 25.6 Å². The van der Waals surface area contributed by atoms with Gasteiger partial charge in [-0.3, -0.25) is 14.9 Å². The SMILES string of the molecule is COCCNC(=O)C1CCc2sc(NC(=O)c3cc(OC)cc(OC)c3)nc21. The summed E-state index contributed by atoms with van der Waals surface area (Å²) in [7, 11) is 4.65. The van der Waals surface area contributed by atoms with Crippen molar-refractivity contribution in [3.8, 4) is 11.5 Å². The second-order valence-electron chi connectivity index (χ2n) is 6.26. The summed E-state index contributed by atoms with van der Waals surface area (Å²) < 4.78 is 15.4. The molecule has 3 rings (SSSR count). The normalized spacial score (nSPS) is 15.0. The van der Waals surface area contributed by atoms with Crippen LogP contribution in [-0.2, 0) is 16.0 Å². The van der Waals surface area contributed by atoms with Crippen LogP contribution in [0.2, 0.25) is 0 Å². The molecule has 2 N–H and O–H groups in total. The molecule has 2 aromatic rings. The van der Waals surface area contributed by atoms with Gasteiger partial charge in [0.15, 0.2) is 5.13 Å². The number of carbonyl (C=O) groups excluding carboxylic acids is 2. The van der Waals surface area contributed by atoms with Gasteiger partial charge in [0.05, 0.1) is 32.4 Å². The van der Waals surface area contributed by atoms with Crippen LogP contribution >= 0.6 is 11.3 Å². The molecule has 8 nitrogen and oxygen atoms in total. The highest BCUT2D eigenvalue weighted by atomic mass is 32.1. The first kappa shape index (κ1) is 20.1. The van der Waals surface area contributed by atoms with E-state index in [9.17, 15) is 9.59 Å². The number of nitrogens with one attached hydrogen (secondary N) is 2. The van der Waals surface area contributed by atoms with E-state index in [0.29, 0.717) is 35.3 Å². The third-order valence-corrected chi connectivity index (χ3v) is 5.52. The first-order chi connectivity index (χ1) is 13.5. The minimum atomic E-state index is -0.314. The maximum atomic E-state index is 12.6. The average Bonchev–Trinajstić information content (AvgIpc) is 3.27. The predicted octanol–water partition coefficient (Wildman–Crippen LogP) is 2.21. The number of anilines is 1. The number of hydrogen-bond acceptors (Lipinski definition) is 7. The van der Waals surface area contributed by atoms with Crippen molar-refractivity contribution < 1.29 is 23.8 Å². The van der Waals surface area contributed by atoms with Gasteiger partial charge in [0.1, 0.15) is 11.5 Å². The van der Waals surface area contributed by atoms with Crippen molar-refractivity contribution in [3.05, 3.63) is 34.3 Å². The van der Waals surface area contributed by atoms with Crippen LogP contribution in [0.5, 0.6) is 11.5 Å². The highest BCUT2D eigenvalue weighted by molar-refractivity contribution is 7.16. The van der Waals surface area contributed by atoms with Crippen molar-refractivity contribution in [2.45, 2.75) is 18.8 Å². The van der Waals surface area contributed by atoms with Crippen LogP contribution in [0.15, 0.2) is 18.2 Å². The zero-order valence-electron chi connectivity index (χ0n) is 16.0. The molecule has 1 aromatic heterocycles. The van der Waals surface area contributed by atoms with E-state index in [1.54, 1.807) is 25.3 Å². The number of amides is 2. The Morgan fingerprint density at radius 2 is 1.89 bits per heavy atom. The number of aryl methyl sites for hydroxylation is 1. The monoisotopic (exact) mass is 405 g/mol. The van der Waals surface area contributed by atoms with Crippen molar-refractivity contribution >= 4 is 28.3 Å². The molecule has 1 aliphatic carbocycles. The molecule has 0 spiro atoms. The molecule has 0 saturated carbocycles. The number of nitrogens with zero attached hydrogens (tertiary/aromatic N) is 1. The van der Waals surface area contributed by atoms with E-state index in [1.807, 2.05) is 0 Å². The molecule has 1 heterocycles. The van der Waals surface area contributed by atoms with Crippen molar-refractivity contribution in [1.82, 2.24) is 10.3 Å². The summed E-state index contributed by atoms with van der Waals surface area (Å²) >= 11 is 1.40. The highest BCUT2D eigenvalue weighted by Gasteiger charge is 2.32. The number of aromatic nitrogens is 1. The Morgan fingerprint density at radius 1 is 1.18 bits per heavy atom. The van der Waals surface area contributed by atoms with Gasteiger partial charge in [0.25, 0.3) is 5.91 Å². The summed E-state index contributed by atoms with van der Waals surface area (Å²) in [5.74, 6) is 0.394. The van der Waals surface area contributed by atoms with Gasteiger partial charge in [-0.25, -0.2) is 4.98 Å². The topological polar surface area (TPSA) is 98.8 Å². The van der Waals surface area contributed by atoms with Gasteiger partial charge in [0.2, 0.25) is 5.91 Å². The van der Waals surface area contributed by atoms with Crippen LogP contribution < -0.4 is 20.1 Å². The number of thiazole rings is 1. The Labute approximate surface area is 167 Å². The molecular formula is C19H23N3O5S. The van der Waals surface area contributed by atoms with E-state index in [2.05, 4.69) is 15.6 Å². The fraction of sp³-hybridized carbons (Fsp3) is 0.421. The molecule has 2 amide bonds. The van der Waals surface area contributed by atoms with Crippen molar-refractivity contribution in [3.63, 3.8) is 0 Å². The van der Waals surface area contributed by atoms with E-state index in [4.69, 9.17) is 14.2 Å². The number of carbonyl (C=O) groups is 2. The van der Waals surface area contributed by atoms with Gasteiger partial charge in [0, 0.05) is 30.2 Å². The molecule has 1 atom stereocenters. The fourth-order valence-corrected chi connectivity index (χ4v) is 4.08. The lowest BCUT2D eigenvalue weighted by Gasteiger charge is -2.10. The maximum absolute atomic E-state index is 12.6. The van der Waals surface area contributed by atoms with E-state index in [0.717, 1.165) is 23.4 Å². The molecule has 9 heteroatoms. The van der Waals surface area contributed by atoms with Crippen molar-refractivity contribution in [2.24, 2.45) is 0 Å². The minimum absolute atomic E-state index is 0.0588. The minimum Gasteiger partial charge on any atom is -0.497 e. The molecule has 0 aliphatic heterocycles. The third kappa shape index (κ3) is 4.42. The number of hydrogen-bond donors (Lipinski definition) is 2. The molecular weight excluding hydrogens is 382 g/mol. The molecule has 28 heavy (non-hydrogen) atoms. The molecule has 1 aromatic carbocycles. The second kappa shape index (κ2) is 9.03. The van der Waals surface area contributed by atoms with E-state index >= 15 is 0 Å². The standard InChI is InChI=1S/C19H23N3O5S/c1-25-7-6-20-18(24)14-4-5-15-16(14)21-19(28-15)22-17(23)11-8-12(26-2)10-13(9-11)27-3/h8-10,14H,4-7H2,1-3H3,(H,20,24)(H,21,22,23). The van der Waals surface area contributed by atoms with Crippen molar-refractivity contribution in [2.75, 3.05) is 39.8 Å². The first-order valence-electron chi connectivity index (χ1n) is 8.86. The predicted molar refractivity (Wildman–Crippen MR) is 106 cm³/mol. The van der Waals surface area contributed by atoms with E-state index < -0.39 is 0 Å². The smallest absolute Gasteiger partial charge is 0.257 e. The molecule has 0 fully saturated rings. The molecule has 1 aliphatic rings. The molecule has 0 radical (unpaired) electrons. The maximum Gasteiger partial charge on any atom is 0.257 e. The zero-order chi connectivity index (χ0) is 20.1. The summed E-state index contributed by atoms with van der Waals surface area (Å²) in [5.41, 5.74) is 1.15. The molecule has 0 saturated heterocycles. The van der Waals surface area contributed by atoms with Gasteiger partial charge in [-0.2, -0.15) is 0 Å². The first-order valence-corrected chi connectivity index (χ1v) is 9.68. The van der Waals surface area contributed by atoms with Gasteiger partial charge in [-0.05, 0) is 25.0 Å². The summed E-state index contributed by atoms with van der Waals surface area (Å²) in [4.78, 5) is 30.5. The van der Waals surface area contributed by atoms with Crippen LogP contribution in [0.1, 0.15) is 33.3 Å². The van der Waals surface area contributed by atoms with Gasteiger partial charge < -0.3 is 19.5 Å². The Kier molecular flexibility index (Phi) is 6.48. The quantitative estimate of drug-likeness (QED) is 0.654. The Morgan fingerprint density at radius 3 is 2.54 bits per heavy atom. The summed E-state index contributed by atoms with van der Waals surface area (Å²) in [5, 5.41) is 6.14. The number of rotatable bonds is 8. The van der Waals surface area contributed by atoms with Crippen LogP contribution in [0.25, 0.3) is 0 Å². The van der Waals surface area contributed by atoms with Gasteiger partial charge in [-0.1, -0.05) is 0 Å². The Balaban J connectivity index is 1.71. The van der Waals surface area contributed by atoms with Crippen LogP contribution in [-0.4, -0.2) is 51.3 Å². The van der Waals surface area contributed by atoms with Gasteiger partial charge >= 0.3 is 0 Å². The second-order valence-corrected chi connectivity index (χ2v) is 7.34. The number of fused-ring (bicyclic) bond motifs is 1. The average molecular weight is 405 g/mol. The largest absolute Gasteiger partial charge is 0.497 e. The Hall–Kier alpha value is -2.65.